The van der Waals surface area contributed by atoms with Gasteiger partial charge in [0, 0.05) is 18.8 Å². The lowest BCUT2D eigenvalue weighted by molar-refractivity contribution is 0.262. The number of carbonyl (C=O) groups is 1. The molecule has 0 aliphatic heterocycles. The Hall–Kier alpha value is -2.44. The Morgan fingerprint density at radius 2 is 2.16 bits per heavy atom. The lowest BCUT2D eigenvalue weighted by Crippen LogP contribution is -2.19. The lowest BCUT2D eigenvalue weighted by atomic mass is 10.3. The van der Waals surface area contributed by atoms with Crippen molar-refractivity contribution in [2.75, 3.05) is 10.6 Å². The molecule has 2 aromatic rings. The Labute approximate surface area is 108 Å². The summed E-state index contributed by atoms with van der Waals surface area (Å²) in [4.78, 5) is 11.6. The van der Waals surface area contributed by atoms with Crippen LogP contribution in [0, 0.1) is 11.6 Å². The molecule has 0 aliphatic rings. The van der Waals surface area contributed by atoms with E-state index in [0.717, 1.165) is 12.1 Å². The second-order valence-corrected chi connectivity index (χ2v) is 3.79. The Bertz CT molecular complexity index is 597. The van der Waals surface area contributed by atoms with Gasteiger partial charge in [-0.1, -0.05) is 0 Å². The van der Waals surface area contributed by atoms with Gasteiger partial charge in [0.25, 0.3) is 0 Å². The molecule has 100 valence electrons. The molecule has 7 heteroatoms. The third-order valence-electron chi connectivity index (χ3n) is 2.39. The van der Waals surface area contributed by atoms with Crippen molar-refractivity contribution in [1.29, 1.82) is 0 Å². The summed E-state index contributed by atoms with van der Waals surface area (Å²) in [6.45, 7) is 2.58. The molecule has 1 heterocycles. The van der Waals surface area contributed by atoms with Gasteiger partial charge in [0.2, 0.25) is 0 Å². The molecule has 0 bridgehead atoms. The molecular formula is C12H12F2N4O. The highest BCUT2D eigenvalue weighted by atomic mass is 19.1. The first kappa shape index (κ1) is 13.0. The summed E-state index contributed by atoms with van der Waals surface area (Å²) >= 11 is 0. The number of aryl methyl sites for hydroxylation is 1. The van der Waals surface area contributed by atoms with E-state index in [9.17, 15) is 13.6 Å². The van der Waals surface area contributed by atoms with Crippen LogP contribution in [-0.2, 0) is 6.54 Å². The van der Waals surface area contributed by atoms with Crippen molar-refractivity contribution in [2.45, 2.75) is 13.5 Å². The molecule has 0 aliphatic carbocycles. The van der Waals surface area contributed by atoms with E-state index in [1.165, 1.54) is 6.20 Å². The van der Waals surface area contributed by atoms with Gasteiger partial charge in [-0.2, -0.15) is 5.10 Å². The van der Waals surface area contributed by atoms with Gasteiger partial charge in [-0.05, 0) is 19.1 Å². The van der Waals surface area contributed by atoms with Crippen LogP contribution < -0.4 is 10.6 Å². The van der Waals surface area contributed by atoms with Crippen LogP contribution in [0.25, 0.3) is 0 Å². The molecule has 0 atom stereocenters. The van der Waals surface area contributed by atoms with Crippen molar-refractivity contribution < 1.29 is 13.6 Å². The standard InChI is InChI=1S/C12H12F2N4O/c1-2-18-7-9(6-15-18)16-12(19)17-11-4-3-8(13)5-10(11)14/h3-7H,2H2,1H3,(H2,16,17,19). The number of nitrogens with one attached hydrogen (secondary N) is 2. The molecule has 2 rings (SSSR count). The molecule has 1 aromatic heterocycles. The third kappa shape index (κ3) is 3.27. The van der Waals surface area contributed by atoms with Crippen molar-refractivity contribution in [3.05, 3.63) is 42.2 Å². The van der Waals surface area contributed by atoms with E-state index in [4.69, 9.17) is 0 Å². The zero-order valence-electron chi connectivity index (χ0n) is 10.2. The van der Waals surface area contributed by atoms with Crippen LogP contribution in [0.3, 0.4) is 0 Å². The van der Waals surface area contributed by atoms with E-state index in [0.29, 0.717) is 18.3 Å². The van der Waals surface area contributed by atoms with Crippen LogP contribution in [0.2, 0.25) is 0 Å². The Balaban J connectivity index is 2.01. The van der Waals surface area contributed by atoms with Crippen molar-refractivity contribution in [3.63, 3.8) is 0 Å². The predicted molar refractivity (Wildman–Crippen MR) is 66.9 cm³/mol. The van der Waals surface area contributed by atoms with E-state index >= 15 is 0 Å². The number of hydrogen-bond acceptors (Lipinski definition) is 2. The summed E-state index contributed by atoms with van der Waals surface area (Å²) in [5.74, 6) is -1.54. The smallest absolute Gasteiger partial charge is 0.305 e. The van der Waals surface area contributed by atoms with Crippen LogP contribution in [0.4, 0.5) is 25.0 Å². The van der Waals surface area contributed by atoms with E-state index in [1.54, 1.807) is 10.9 Å². The molecule has 0 radical (unpaired) electrons. The quantitative estimate of drug-likeness (QED) is 0.897. The number of halogens is 2. The van der Waals surface area contributed by atoms with Gasteiger partial charge in [0.1, 0.15) is 11.6 Å². The summed E-state index contributed by atoms with van der Waals surface area (Å²) in [7, 11) is 0. The molecule has 5 nitrogen and oxygen atoms in total. The van der Waals surface area contributed by atoms with Crippen molar-refractivity contribution >= 4 is 17.4 Å². The summed E-state index contributed by atoms with van der Waals surface area (Å²) in [5.41, 5.74) is 0.392. The lowest BCUT2D eigenvalue weighted by Gasteiger charge is -2.06. The molecule has 2 N–H and O–H groups in total. The van der Waals surface area contributed by atoms with Gasteiger partial charge in [-0.15, -0.1) is 0 Å². The van der Waals surface area contributed by atoms with Crippen LogP contribution in [0.5, 0.6) is 0 Å². The highest BCUT2D eigenvalue weighted by Gasteiger charge is 2.08. The normalized spacial score (nSPS) is 10.3. The van der Waals surface area contributed by atoms with Gasteiger partial charge in [0.05, 0.1) is 17.6 Å². The summed E-state index contributed by atoms with van der Waals surface area (Å²) in [6.07, 6.45) is 3.12. The van der Waals surface area contributed by atoms with Crippen molar-refractivity contribution in [2.24, 2.45) is 0 Å². The summed E-state index contributed by atoms with van der Waals surface area (Å²) < 4.78 is 27.6. The van der Waals surface area contributed by atoms with Crippen LogP contribution in [-0.4, -0.2) is 15.8 Å². The number of rotatable bonds is 3. The zero-order valence-corrected chi connectivity index (χ0v) is 10.2. The molecule has 19 heavy (non-hydrogen) atoms. The first-order valence-corrected chi connectivity index (χ1v) is 5.64. The fourth-order valence-electron chi connectivity index (χ4n) is 1.48. The van der Waals surface area contributed by atoms with Crippen LogP contribution >= 0.6 is 0 Å². The Morgan fingerprint density at radius 3 is 2.79 bits per heavy atom. The monoisotopic (exact) mass is 266 g/mol. The molecule has 0 unspecified atom stereocenters. The van der Waals surface area contributed by atoms with Gasteiger partial charge in [-0.25, -0.2) is 13.6 Å². The maximum Gasteiger partial charge on any atom is 0.323 e. The largest absolute Gasteiger partial charge is 0.323 e. The molecule has 2 amide bonds. The molecule has 0 saturated heterocycles. The van der Waals surface area contributed by atoms with Crippen molar-refractivity contribution in [3.8, 4) is 0 Å². The number of amides is 2. The highest BCUT2D eigenvalue weighted by molar-refractivity contribution is 5.99. The summed E-state index contributed by atoms with van der Waals surface area (Å²) in [6, 6.07) is 2.29. The fraction of sp³-hybridized carbons (Fsp3) is 0.167. The minimum atomic E-state index is -0.834. The Morgan fingerprint density at radius 1 is 1.37 bits per heavy atom. The molecular weight excluding hydrogens is 254 g/mol. The van der Waals surface area contributed by atoms with Gasteiger partial charge >= 0.3 is 6.03 Å². The minimum absolute atomic E-state index is 0.0956. The zero-order chi connectivity index (χ0) is 13.8. The topological polar surface area (TPSA) is 59.0 Å². The van der Waals surface area contributed by atoms with E-state index in [2.05, 4.69) is 15.7 Å². The average Bonchev–Trinajstić information content (AvgIpc) is 2.80. The summed E-state index contributed by atoms with van der Waals surface area (Å²) in [5, 5.41) is 8.75. The second kappa shape index (κ2) is 5.47. The first-order chi connectivity index (χ1) is 9.08. The third-order valence-corrected chi connectivity index (χ3v) is 2.39. The van der Waals surface area contributed by atoms with Gasteiger partial charge in [-0.3, -0.25) is 4.68 Å². The number of benzene rings is 1. The molecule has 1 aromatic carbocycles. The van der Waals surface area contributed by atoms with Crippen LogP contribution in [0.15, 0.2) is 30.6 Å². The maximum absolute atomic E-state index is 13.3. The van der Waals surface area contributed by atoms with E-state index < -0.39 is 17.7 Å². The average molecular weight is 266 g/mol. The number of aromatic nitrogens is 2. The van der Waals surface area contributed by atoms with E-state index in [1.807, 2.05) is 6.92 Å². The number of urea groups is 1. The Kier molecular flexibility index (Phi) is 3.74. The van der Waals surface area contributed by atoms with E-state index in [-0.39, 0.29) is 5.69 Å². The molecule has 0 saturated carbocycles. The van der Waals surface area contributed by atoms with Gasteiger partial charge < -0.3 is 10.6 Å². The minimum Gasteiger partial charge on any atom is -0.305 e. The first-order valence-electron chi connectivity index (χ1n) is 5.64. The number of nitrogens with zero attached hydrogens (tertiary/aromatic N) is 2. The maximum atomic E-state index is 13.3. The number of anilines is 2. The molecule has 0 spiro atoms. The number of hydrogen-bond donors (Lipinski definition) is 2. The second-order valence-electron chi connectivity index (χ2n) is 3.79. The van der Waals surface area contributed by atoms with Crippen molar-refractivity contribution in [1.82, 2.24) is 9.78 Å². The molecule has 0 fully saturated rings. The number of carbonyl (C=O) groups excluding carboxylic acids is 1. The predicted octanol–water partition coefficient (Wildman–Crippen LogP) is 2.83. The van der Waals surface area contributed by atoms with Gasteiger partial charge in [0.15, 0.2) is 0 Å². The fourth-order valence-corrected chi connectivity index (χ4v) is 1.48. The SMILES string of the molecule is CCn1cc(NC(=O)Nc2ccc(F)cc2F)cn1. The highest BCUT2D eigenvalue weighted by Crippen LogP contribution is 2.15. The van der Waals surface area contributed by atoms with Crippen LogP contribution in [0.1, 0.15) is 6.92 Å².